The lowest BCUT2D eigenvalue weighted by molar-refractivity contribution is 0.0735. The quantitative estimate of drug-likeness (QED) is 0.736. The van der Waals surface area contributed by atoms with Gasteiger partial charge in [-0.25, -0.2) is 9.97 Å². The zero-order chi connectivity index (χ0) is 15.2. The standard InChI is InChI=1S/C7H9BrN2O/c1-7(2,11)5-3-4-9-6(8)10-5/h3-4,11H,1-2H3/i1D3,2D3,3D,4D. The average molecular weight is 225 g/mol. The molecular formula is C7H9BrN2O. The van der Waals surface area contributed by atoms with Crippen molar-refractivity contribution in [1.29, 1.82) is 0 Å². The van der Waals surface area contributed by atoms with Gasteiger partial charge in [-0.05, 0) is 35.7 Å². The molecule has 4 heteroatoms. The number of hydrogen-bond donors (Lipinski definition) is 1. The molecule has 0 radical (unpaired) electrons. The molecule has 1 aromatic rings. The summed E-state index contributed by atoms with van der Waals surface area (Å²) in [4.78, 5) is 6.88. The molecule has 0 saturated carbocycles. The van der Waals surface area contributed by atoms with Crippen molar-refractivity contribution in [2.24, 2.45) is 0 Å². The molecule has 0 amide bonds. The highest BCUT2D eigenvalue weighted by Gasteiger charge is 2.17. The van der Waals surface area contributed by atoms with E-state index in [4.69, 9.17) is 11.0 Å². The maximum Gasteiger partial charge on any atom is 0.196 e. The first-order chi connectivity index (χ1) is 8.32. The molecule has 1 N–H and O–H groups in total. The summed E-state index contributed by atoms with van der Waals surface area (Å²) in [6.45, 7) is -6.71. The van der Waals surface area contributed by atoms with Crippen LogP contribution in [0.4, 0.5) is 0 Å². The van der Waals surface area contributed by atoms with E-state index >= 15 is 0 Å². The number of nitrogens with zero attached hydrogens (tertiary/aromatic N) is 2. The molecule has 60 valence electrons. The number of aromatic nitrogens is 2. The lowest BCUT2D eigenvalue weighted by atomic mass is 10.1. The van der Waals surface area contributed by atoms with Crippen LogP contribution in [-0.2, 0) is 5.60 Å². The van der Waals surface area contributed by atoms with Crippen LogP contribution in [0, 0.1) is 0 Å². The first kappa shape index (κ1) is 2.78. The van der Waals surface area contributed by atoms with Crippen LogP contribution in [0.1, 0.15) is 30.4 Å². The number of halogens is 1. The monoisotopic (exact) mass is 224 g/mol. The van der Waals surface area contributed by atoms with E-state index in [1.807, 2.05) is 0 Å². The zero-order valence-electron chi connectivity index (χ0n) is 13.2. The maximum atomic E-state index is 10.1. The molecule has 0 bridgehead atoms. The molecular weight excluding hydrogens is 208 g/mol. The van der Waals surface area contributed by atoms with Gasteiger partial charge in [0.1, 0.15) is 5.60 Å². The smallest absolute Gasteiger partial charge is 0.196 e. The molecule has 0 aliphatic rings. The van der Waals surface area contributed by atoms with Crippen molar-refractivity contribution in [3.63, 3.8) is 0 Å². The van der Waals surface area contributed by atoms with Crippen LogP contribution in [0.15, 0.2) is 16.9 Å². The first-order valence-electron chi connectivity index (χ1n) is 6.56. The average Bonchev–Trinajstić information content (AvgIpc) is 2.18. The summed E-state index contributed by atoms with van der Waals surface area (Å²) in [7, 11) is 0. The topological polar surface area (TPSA) is 46.0 Å². The zero-order valence-corrected chi connectivity index (χ0v) is 6.81. The highest BCUT2D eigenvalue weighted by molar-refractivity contribution is 9.10. The predicted molar refractivity (Wildman–Crippen MR) is 45.0 cm³/mol. The Morgan fingerprint density at radius 2 is 2.55 bits per heavy atom. The van der Waals surface area contributed by atoms with E-state index in [2.05, 4.69) is 25.9 Å². The lowest BCUT2D eigenvalue weighted by Crippen LogP contribution is -2.17. The van der Waals surface area contributed by atoms with Crippen LogP contribution < -0.4 is 0 Å². The van der Waals surface area contributed by atoms with E-state index in [9.17, 15) is 5.11 Å². The molecule has 0 atom stereocenters. The van der Waals surface area contributed by atoms with Crippen LogP contribution in [-0.4, -0.2) is 15.1 Å². The van der Waals surface area contributed by atoms with Gasteiger partial charge in [-0.1, -0.05) is 0 Å². The van der Waals surface area contributed by atoms with Gasteiger partial charge in [-0.3, -0.25) is 0 Å². The molecule has 11 heavy (non-hydrogen) atoms. The van der Waals surface area contributed by atoms with Gasteiger partial charge in [0.05, 0.1) is 8.44 Å². The third-order valence-electron chi connectivity index (χ3n) is 0.869. The normalized spacial score (nSPS) is 24.5. The fourth-order valence-electron chi connectivity index (χ4n) is 0.444. The Morgan fingerprint density at radius 3 is 3.18 bits per heavy atom. The molecule has 1 rings (SSSR count). The minimum atomic E-state index is -3.35. The van der Waals surface area contributed by atoms with Gasteiger partial charge in [0.25, 0.3) is 0 Å². The Bertz CT molecular complexity index is 485. The van der Waals surface area contributed by atoms with Crippen molar-refractivity contribution in [3.8, 4) is 0 Å². The van der Waals surface area contributed by atoms with Gasteiger partial charge in [0.2, 0.25) is 0 Å². The van der Waals surface area contributed by atoms with Crippen molar-refractivity contribution >= 4 is 15.9 Å². The lowest BCUT2D eigenvalue weighted by Gasteiger charge is -2.15. The van der Waals surface area contributed by atoms with Crippen molar-refractivity contribution in [3.05, 3.63) is 22.6 Å². The van der Waals surface area contributed by atoms with E-state index in [0.29, 0.717) is 0 Å². The van der Waals surface area contributed by atoms with Gasteiger partial charge in [-0.15, -0.1) is 0 Å². The van der Waals surface area contributed by atoms with E-state index < -0.39 is 37.2 Å². The summed E-state index contributed by atoms with van der Waals surface area (Å²) in [6, 6.07) is -0.849. The second-order valence-electron chi connectivity index (χ2n) is 1.79. The Hall–Kier alpha value is -0.480. The Kier molecular flexibility index (Phi) is 0.725. The molecule has 3 nitrogen and oxygen atoms in total. The van der Waals surface area contributed by atoms with E-state index in [-0.39, 0.29) is 4.73 Å². The van der Waals surface area contributed by atoms with Crippen LogP contribution in [0.2, 0.25) is 0 Å². The number of rotatable bonds is 1. The molecule has 0 aromatic carbocycles. The second-order valence-corrected chi connectivity index (χ2v) is 2.50. The van der Waals surface area contributed by atoms with Crippen molar-refractivity contribution in [2.75, 3.05) is 0 Å². The molecule has 1 heterocycles. The summed E-state index contributed by atoms with van der Waals surface area (Å²) in [5.74, 6) is 0. The van der Waals surface area contributed by atoms with Crippen LogP contribution in [0.25, 0.3) is 0 Å². The molecule has 0 unspecified atom stereocenters. The summed E-state index contributed by atoms with van der Waals surface area (Å²) in [5, 5.41) is 10.1. The van der Waals surface area contributed by atoms with Crippen LogP contribution in [0.5, 0.6) is 0 Å². The molecule has 0 fully saturated rings. The molecule has 0 aliphatic carbocycles. The fraction of sp³-hybridized carbons (Fsp3) is 0.429. The fourth-order valence-corrected chi connectivity index (χ4v) is 0.710. The first-order valence-corrected chi connectivity index (χ1v) is 3.35. The summed E-state index contributed by atoms with van der Waals surface area (Å²) < 4.78 is 57.9. The molecule has 1 aromatic heterocycles. The van der Waals surface area contributed by atoms with Gasteiger partial charge in [0.15, 0.2) is 4.73 Å². The number of hydrogen-bond acceptors (Lipinski definition) is 3. The van der Waals surface area contributed by atoms with Gasteiger partial charge in [0, 0.05) is 14.4 Å². The van der Waals surface area contributed by atoms with Crippen molar-refractivity contribution < 1.29 is 16.1 Å². The van der Waals surface area contributed by atoms with Gasteiger partial charge < -0.3 is 5.11 Å². The summed E-state index contributed by atoms with van der Waals surface area (Å²) in [6.07, 6.45) is -0.691. The molecule has 0 saturated heterocycles. The third kappa shape index (κ3) is 2.24. The van der Waals surface area contributed by atoms with E-state index in [0.717, 1.165) is 0 Å². The van der Waals surface area contributed by atoms with Gasteiger partial charge in [-0.2, -0.15) is 0 Å². The van der Waals surface area contributed by atoms with E-state index in [1.165, 1.54) is 0 Å². The highest BCUT2D eigenvalue weighted by Crippen LogP contribution is 2.17. The summed E-state index contributed by atoms with van der Waals surface area (Å²) in [5.41, 5.74) is -4.28. The van der Waals surface area contributed by atoms with E-state index in [1.54, 1.807) is 0 Å². The third-order valence-corrected chi connectivity index (χ3v) is 1.22. The minimum absolute atomic E-state index is 0.282. The second kappa shape index (κ2) is 2.87. The highest BCUT2D eigenvalue weighted by atomic mass is 79.9. The van der Waals surface area contributed by atoms with Crippen molar-refractivity contribution in [1.82, 2.24) is 9.97 Å². The molecule has 0 aliphatic heterocycles. The van der Waals surface area contributed by atoms with Crippen LogP contribution >= 0.6 is 15.9 Å². The SMILES string of the molecule is [2H]c1nc(Br)nc(C(O)(C([2H])([2H])[2H])C([2H])([2H])[2H])c1[2H]. The molecule has 0 spiro atoms. The Morgan fingerprint density at radius 1 is 1.82 bits per heavy atom. The van der Waals surface area contributed by atoms with Crippen molar-refractivity contribution in [2.45, 2.75) is 19.3 Å². The summed E-state index contributed by atoms with van der Waals surface area (Å²) >= 11 is 2.77. The Balaban J connectivity index is 3.71. The minimum Gasteiger partial charge on any atom is -0.384 e. The number of aliphatic hydroxyl groups is 1. The Labute approximate surface area is 84.9 Å². The predicted octanol–water partition coefficient (Wildman–Crippen LogP) is 1.47. The van der Waals surface area contributed by atoms with Crippen LogP contribution in [0.3, 0.4) is 0 Å². The van der Waals surface area contributed by atoms with Gasteiger partial charge >= 0.3 is 0 Å². The maximum absolute atomic E-state index is 10.1. The largest absolute Gasteiger partial charge is 0.384 e.